The lowest BCUT2D eigenvalue weighted by molar-refractivity contribution is -0.137. The number of nitrogens with one attached hydrogen (secondary N) is 3. The largest absolute Gasteiger partial charge is 0.393 e. The molecule has 9 heteroatoms. The van der Waals surface area contributed by atoms with Crippen molar-refractivity contribution >= 4 is 23.4 Å². The van der Waals surface area contributed by atoms with Crippen molar-refractivity contribution in [3.8, 4) is 0 Å². The molecule has 0 bridgehead atoms. The second-order valence-corrected chi connectivity index (χ2v) is 10.4. The number of anilines is 3. The first kappa shape index (κ1) is 24.9. The molecule has 0 unspecified atom stereocenters. The van der Waals surface area contributed by atoms with Gasteiger partial charge in [-0.25, -0.2) is 9.37 Å². The first-order valence-corrected chi connectivity index (χ1v) is 13.4. The fourth-order valence-corrected chi connectivity index (χ4v) is 5.67. The maximum Gasteiger partial charge on any atom is 0.229 e. The van der Waals surface area contributed by atoms with Gasteiger partial charge in [0.2, 0.25) is 11.9 Å². The molecule has 36 heavy (non-hydrogen) atoms. The first-order valence-electron chi connectivity index (χ1n) is 13.4. The minimum atomic E-state index is -0.289. The van der Waals surface area contributed by atoms with Gasteiger partial charge in [0.15, 0.2) is 0 Å². The normalized spacial score (nSPS) is 25.4. The number of aliphatic hydroxyl groups excluding tert-OH is 1. The molecular weight excluding hydrogens is 459 g/mol. The van der Waals surface area contributed by atoms with Crippen LogP contribution in [0.1, 0.15) is 62.8 Å². The molecular formula is C27H37FN6O2. The van der Waals surface area contributed by atoms with Gasteiger partial charge >= 0.3 is 0 Å². The van der Waals surface area contributed by atoms with E-state index < -0.39 is 0 Å². The summed E-state index contributed by atoms with van der Waals surface area (Å²) in [6.07, 6.45) is 8.86. The van der Waals surface area contributed by atoms with Crippen LogP contribution in [-0.4, -0.2) is 64.2 Å². The standard InChI is InChI=1S/C27H37FN6O2/c28-20-3-5-22(6-4-20)32-27-30-17-24(25(33-27)31-21-7-9-23(35)10-8-21)18-11-14-34(15-12-18)26(36)19-2-1-13-29-16-19/h3-6,17-19,21,23,29,35H,1-2,7-16H2,(H2,30,31,32,33)/t19-,21?,23?/m0/s1. The summed E-state index contributed by atoms with van der Waals surface area (Å²) in [6, 6.07) is 6.39. The Labute approximate surface area is 212 Å². The number of piperidine rings is 2. The van der Waals surface area contributed by atoms with Crippen molar-refractivity contribution in [2.45, 2.75) is 69.4 Å². The molecule has 3 fully saturated rings. The fraction of sp³-hybridized carbons (Fsp3) is 0.593. The summed E-state index contributed by atoms with van der Waals surface area (Å²) in [6.45, 7) is 3.31. The Kier molecular flexibility index (Phi) is 7.96. The molecule has 0 radical (unpaired) electrons. The molecule has 2 aliphatic heterocycles. The quantitative estimate of drug-likeness (QED) is 0.483. The zero-order valence-corrected chi connectivity index (χ0v) is 20.8. The molecule has 1 saturated carbocycles. The molecule has 2 aromatic rings. The second-order valence-electron chi connectivity index (χ2n) is 10.4. The number of carbonyl (C=O) groups excluding carboxylic acids is 1. The van der Waals surface area contributed by atoms with E-state index in [9.17, 15) is 14.3 Å². The van der Waals surface area contributed by atoms with Gasteiger partial charge in [-0.3, -0.25) is 4.79 Å². The Morgan fingerprint density at radius 1 is 1.06 bits per heavy atom. The predicted octanol–water partition coefficient (Wildman–Crippen LogP) is 3.78. The van der Waals surface area contributed by atoms with E-state index in [4.69, 9.17) is 4.98 Å². The van der Waals surface area contributed by atoms with E-state index in [2.05, 4.69) is 20.9 Å². The molecule has 1 aliphatic carbocycles. The van der Waals surface area contributed by atoms with E-state index in [0.717, 1.165) is 94.6 Å². The third-order valence-corrected chi connectivity index (χ3v) is 7.85. The number of halogens is 1. The fourth-order valence-electron chi connectivity index (χ4n) is 5.67. The number of aliphatic hydroxyl groups is 1. The van der Waals surface area contributed by atoms with Crippen molar-refractivity contribution < 1.29 is 14.3 Å². The molecule has 1 aromatic carbocycles. The summed E-state index contributed by atoms with van der Waals surface area (Å²) >= 11 is 0. The predicted molar refractivity (Wildman–Crippen MR) is 138 cm³/mol. The number of benzene rings is 1. The highest BCUT2D eigenvalue weighted by Crippen LogP contribution is 2.34. The number of rotatable bonds is 6. The third-order valence-electron chi connectivity index (χ3n) is 7.85. The molecule has 194 valence electrons. The van der Waals surface area contributed by atoms with E-state index >= 15 is 0 Å². The van der Waals surface area contributed by atoms with Crippen LogP contribution in [0.5, 0.6) is 0 Å². The summed E-state index contributed by atoms with van der Waals surface area (Å²) < 4.78 is 13.3. The topological polar surface area (TPSA) is 102 Å². The number of aromatic nitrogens is 2. The Hall–Kier alpha value is -2.78. The second kappa shape index (κ2) is 11.5. The Morgan fingerprint density at radius 3 is 2.50 bits per heavy atom. The molecule has 8 nitrogen and oxygen atoms in total. The summed E-state index contributed by atoms with van der Waals surface area (Å²) in [5, 5.41) is 20.1. The van der Waals surface area contributed by atoms with Crippen LogP contribution in [0.25, 0.3) is 0 Å². The molecule has 4 N–H and O–H groups in total. The molecule has 5 rings (SSSR count). The van der Waals surface area contributed by atoms with E-state index in [1.54, 1.807) is 12.1 Å². The number of carbonyl (C=O) groups is 1. The lowest BCUT2D eigenvalue weighted by atomic mass is 9.88. The summed E-state index contributed by atoms with van der Waals surface area (Å²) in [5.74, 6) is 1.65. The van der Waals surface area contributed by atoms with Gasteiger partial charge in [-0.05, 0) is 88.1 Å². The van der Waals surface area contributed by atoms with Gasteiger partial charge in [0.05, 0.1) is 12.0 Å². The van der Waals surface area contributed by atoms with Crippen molar-refractivity contribution in [3.05, 3.63) is 41.8 Å². The number of amides is 1. The minimum absolute atomic E-state index is 0.106. The lowest BCUT2D eigenvalue weighted by Crippen LogP contribution is -2.45. The molecule has 1 aromatic heterocycles. The maximum atomic E-state index is 13.3. The zero-order chi connectivity index (χ0) is 24.9. The summed E-state index contributed by atoms with van der Waals surface area (Å²) in [5.41, 5.74) is 1.80. The molecule has 0 spiro atoms. The Balaban J connectivity index is 1.29. The SMILES string of the molecule is O=C([C@H]1CCCNC1)N1CCC(c2cnc(Nc3ccc(F)cc3)nc2NC2CCC(O)CC2)CC1. The maximum absolute atomic E-state index is 13.3. The van der Waals surface area contributed by atoms with Gasteiger partial charge in [-0.15, -0.1) is 0 Å². The van der Waals surface area contributed by atoms with E-state index in [0.29, 0.717) is 5.95 Å². The number of nitrogens with zero attached hydrogens (tertiary/aromatic N) is 3. The lowest BCUT2D eigenvalue weighted by Gasteiger charge is -2.36. The average molecular weight is 497 g/mol. The summed E-state index contributed by atoms with van der Waals surface area (Å²) in [4.78, 5) is 24.4. The molecule has 3 heterocycles. The molecule has 1 amide bonds. The monoisotopic (exact) mass is 496 g/mol. The third kappa shape index (κ3) is 6.13. The van der Waals surface area contributed by atoms with Crippen molar-refractivity contribution in [3.63, 3.8) is 0 Å². The van der Waals surface area contributed by atoms with Crippen LogP contribution >= 0.6 is 0 Å². The number of hydrogen-bond donors (Lipinski definition) is 4. The van der Waals surface area contributed by atoms with Crippen LogP contribution in [0, 0.1) is 11.7 Å². The van der Waals surface area contributed by atoms with Crippen molar-refractivity contribution in [2.75, 3.05) is 36.8 Å². The van der Waals surface area contributed by atoms with Crippen LogP contribution in [0.4, 0.5) is 21.8 Å². The van der Waals surface area contributed by atoms with Gasteiger partial charge in [-0.1, -0.05) is 0 Å². The minimum Gasteiger partial charge on any atom is -0.393 e. The van der Waals surface area contributed by atoms with Crippen LogP contribution < -0.4 is 16.0 Å². The van der Waals surface area contributed by atoms with E-state index in [-0.39, 0.29) is 35.7 Å². The van der Waals surface area contributed by atoms with Gasteiger partial charge in [-0.2, -0.15) is 4.98 Å². The van der Waals surface area contributed by atoms with Crippen LogP contribution in [0.3, 0.4) is 0 Å². The van der Waals surface area contributed by atoms with Crippen molar-refractivity contribution in [1.29, 1.82) is 0 Å². The number of hydrogen-bond acceptors (Lipinski definition) is 7. The van der Waals surface area contributed by atoms with E-state index in [1.165, 1.54) is 12.1 Å². The average Bonchev–Trinajstić information content (AvgIpc) is 2.92. The van der Waals surface area contributed by atoms with Crippen LogP contribution in [0.2, 0.25) is 0 Å². The smallest absolute Gasteiger partial charge is 0.229 e. The van der Waals surface area contributed by atoms with Gasteiger partial charge in [0, 0.05) is 43.1 Å². The molecule has 1 atom stereocenters. The van der Waals surface area contributed by atoms with Gasteiger partial charge in [0.1, 0.15) is 11.6 Å². The van der Waals surface area contributed by atoms with Crippen molar-refractivity contribution in [2.24, 2.45) is 5.92 Å². The highest BCUT2D eigenvalue weighted by molar-refractivity contribution is 5.79. The Morgan fingerprint density at radius 2 is 1.81 bits per heavy atom. The molecule has 3 aliphatic rings. The van der Waals surface area contributed by atoms with Crippen LogP contribution in [-0.2, 0) is 4.79 Å². The Bertz CT molecular complexity index is 1010. The highest BCUT2D eigenvalue weighted by atomic mass is 19.1. The molecule has 2 saturated heterocycles. The zero-order valence-electron chi connectivity index (χ0n) is 20.8. The first-order chi connectivity index (χ1) is 17.5. The van der Waals surface area contributed by atoms with Crippen molar-refractivity contribution in [1.82, 2.24) is 20.2 Å². The number of likely N-dealkylation sites (tertiary alicyclic amines) is 1. The van der Waals surface area contributed by atoms with Gasteiger partial charge < -0.3 is 26.0 Å². The highest BCUT2D eigenvalue weighted by Gasteiger charge is 2.31. The van der Waals surface area contributed by atoms with Crippen LogP contribution in [0.15, 0.2) is 30.5 Å². The summed E-state index contributed by atoms with van der Waals surface area (Å²) in [7, 11) is 0. The van der Waals surface area contributed by atoms with E-state index in [1.807, 2.05) is 11.1 Å². The van der Waals surface area contributed by atoms with Gasteiger partial charge in [0.25, 0.3) is 0 Å².